The molecule has 0 saturated heterocycles. The van der Waals surface area contributed by atoms with Gasteiger partial charge in [0.25, 0.3) is 5.91 Å². The Labute approximate surface area is 207 Å². The molecule has 1 atom stereocenters. The molecule has 34 heavy (non-hydrogen) atoms. The van der Waals surface area contributed by atoms with Gasteiger partial charge in [-0.25, -0.2) is 0 Å². The van der Waals surface area contributed by atoms with Crippen LogP contribution in [0.1, 0.15) is 41.6 Å². The molecular formula is C24H20BrN3O5S. The maximum absolute atomic E-state index is 13.7. The van der Waals surface area contributed by atoms with Crippen molar-refractivity contribution in [1.82, 2.24) is 10.2 Å². The fourth-order valence-corrected chi connectivity index (χ4v) is 4.91. The van der Waals surface area contributed by atoms with Gasteiger partial charge in [0.2, 0.25) is 10.9 Å². The Morgan fingerprint density at radius 2 is 2.00 bits per heavy atom. The number of carbonyl (C=O) groups excluding carboxylic acids is 1. The van der Waals surface area contributed by atoms with Gasteiger partial charge in [-0.15, -0.1) is 10.2 Å². The first kappa shape index (κ1) is 22.5. The number of amides is 1. The van der Waals surface area contributed by atoms with E-state index in [0.29, 0.717) is 45.7 Å². The molecule has 1 aliphatic heterocycles. The summed E-state index contributed by atoms with van der Waals surface area (Å²) in [7, 11) is 1.55. The number of carbonyl (C=O) groups is 1. The number of halogens is 1. The van der Waals surface area contributed by atoms with Crippen molar-refractivity contribution in [3.8, 4) is 11.5 Å². The van der Waals surface area contributed by atoms with Gasteiger partial charge < -0.3 is 13.9 Å². The summed E-state index contributed by atoms with van der Waals surface area (Å²) in [4.78, 5) is 28.6. The lowest BCUT2D eigenvalue weighted by Crippen LogP contribution is -2.29. The van der Waals surface area contributed by atoms with Crippen molar-refractivity contribution in [3.63, 3.8) is 0 Å². The lowest BCUT2D eigenvalue weighted by molar-refractivity contribution is 0.0970. The normalized spacial score (nSPS) is 15.3. The minimum absolute atomic E-state index is 0.000811. The lowest BCUT2D eigenvalue weighted by Gasteiger charge is -2.23. The Hall–Kier alpha value is -3.24. The SMILES string of the molecule is COc1cc(C2c3c(oc4ccc(Br)cc4c3=O)C(=O)N2c2nncs2)ccc1OCC(C)C. The predicted molar refractivity (Wildman–Crippen MR) is 132 cm³/mol. The molecule has 174 valence electrons. The van der Waals surface area contributed by atoms with E-state index in [1.165, 1.54) is 21.7 Å². The molecule has 2 aromatic carbocycles. The zero-order valence-corrected chi connectivity index (χ0v) is 21.0. The van der Waals surface area contributed by atoms with Crippen LogP contribution in [-0.2, 0) is 0 Å². The number of benzene rings is 2. The van der Waals surface area contributed by atoms with Crippen LogP contribution in [0.15, 0.2) is 55.6 Å². The van der Waals surface area contributed by atoms with E-state index in [1.54, 1.807) is 37.4 Å². The second kappa shape index (κ2) is 8.84. The highest BCUT2D eigenvalue weighted by Gasteiger charge is 2.45. The molecule has 0 N–H and O–H groups in total. The third-order valence-electron chi connectivity index (χ3n) is 5.46. The molecule has 1 amide bonds. The number of ether oxygens (including phenoxy) is 2. The molecule has 10 heteroatoms. The van der Waals surface area contributed by atoms with Gasteiger partial charge in [0.05, 0.1) is 30.7 Å². The van der Waals surface area contributed by atoms with E-state index < -0.39 is 11.9 Å². The summed E-state index contributed by atoms with van der Waals surface area (Å²) in [5.74, 6) is 0.983. The zero-order chi connectivity index (χ0) is 24.0. The van der Waals surface area contributed by atoms with Gasteiger partial charge in [-0.1, -0.05) is 47.2 Å². The fourth-order valence-electron chi connectivity index (χ4n) is 3.96. The minimum atomic E-state index is -0.761. The van der Waals surface area contributed by atoms with Gasteiger partial charge in [0.15, 0.2) is 16.9 Å². The number of rotatable bonds is 6. The molecule has 1 aliphatic rings. The number of methoxy groups -OCH3 is 1. The van der Waals surface area contributed by atoms with Crippen molar-refractivity contribution in [1.29, 1.82) is 0 Å². The first-order chi connectivity index (χ1) is 16.4. The third kappa shape index (κ3) is 3.76. The second-order valence-corrected chi connectivity index (χ2v) is 9.96. The van der Waals surface area contributed by atoms with Crippen molar-refractivity contribution in [2.24, 2.45) is 5.92 Å². The van der Waals surface area contributed by atoms with E-state index in [2.05, 4.69) is 40.0 Å². The standard InChI is InChI=1S/C24H20BrN3O5S/c1-12(2)10-32-17-6-4-13(8-18(17)31-3)20-19-21(29)15-9-14(25)5-7-16(15)33-22(19)23(30)28(20)24-27-26-11-34-24/h4-9,11-12,20H,10H2,1-3H3. The van der Waals surface area contributed by atoms with Crippen molar-refractivity contribution in [3.05, 3.63) is 73.5 Å². The lowest BCUT2D eigenvalue weighted by atomic mass is 9.98. The Balaban J connectivity index is 1.72. The van der Waals surface area contributed by atoms with E-state index in [9.17, 15) is 9.59 Å². The number of aromatic nitrogens is 2. The second-order valence-electron chi connectivity index (χ2n) is 8.23. The molecule has 5 rings (SSSR count). The van der Waals surface area contributed by atoms with Gasteiger partial charge in [-0.2, -0.15) is 0 Å². The molecule has 0 bridgehead atoms. The molecule has 1 unspecified atom stereocenters. The summed E-state index contributed by atoms with van der Waals surface area (Å²) in [5, 5.41) is 8.73. The number of hydrogen-bond donors (Lipinski definition) is 0. The number of anilines is 1. The predicted octanol–water partition coefficient (Wildman–Crippen LogP) is 5.20. The molecular weight excluding hydrogens is 522 g/mol. The van der Waals surface area contributed by atoms with Crippen LogP contribution >= 0.6 is 27.3 Å². The number of hydrogen-bond acceptors (Lipinski definition) is 8. The first-order valence-corrected chi connectivity index (χ1v) is 12.2. The van der Waals surface area contributed by atoms with Crippen molar-refractivity contribution >= 4 is 49.3 Å². The highest BCUT2D eigenvalue weighted by atomic mass is 79.9. The maximum atomic E-state index is 13.7. The van der Waals surface area contributed by atoms with Gasteiger partial charge in [0, 0.05) is 4.47 Å². The van der Waals surface area contributed by atoms with Crippen LogP contribution in [0.3, 0.4) is 0 Å². The van der Waals surface area contributed by atoms with E-state index in [0.717, 1.165) is 4.47 Å². The third-order valence-corrected chi connectivity index (χ3v) is 6.64. The van der Waals surface area contributed by atoms with Gasteiger partial charge in [-0.05, 0) is 41.8 Å². The van der Waals surface area contributed by atoms with Crippen LogP contribution in [0.4, 0.5) is 5.13 Å². The molecule has 0 aliphatic carbocycles. The van der Waals surface area contributed by atoms with Crippen LogP contribution in [-0.4, -0.2) is 29.8 Å². The molecule has 8 nitrogen and oxygen atoms in total. The number of nitrogens with zero attached hydrogens (tertiary/aromatic N) is 3. The van der Waals surface area contributed by atoms with Crippen molar-refractivity contribution < 1.29 is 18.7 Å². The minimum Gasteiger partial charge on any atom is -0.493 e. The number of fused-ring (bicyclic) bond motifs is 2. The summed E-state index contributed by atoms with van der Waals surface area (Å²) < 4.78 is 18.2. The summed E-state index contributed by atoms with van der Waals surface area (Å²) in [5.41, 5.74) is 2.52. The molecule has 3 heterocycles. The Morgan fingerprint density at radius 3 is 2.71 bits per heavy atom. The molecule has 4 aromatic rings. The zero-order valence-electron chi connectivity index (χ0n) is 18.6. The van der Waals surface area contributed by atoms with Gasteiger partial charge in [0.1, 0.15) is 11.1 Å². The molecule has 0 radical (unpaired) electrons. The maximum Gasteiger partial charge on any atom is 0.297 e. The Bertz CT molecular complexity index is 1450. The summed E-state index contributed by atoms with van der Waals surface area (Å²) in [6, 6.07) is 9.75. The van der Waals surface area contributed by atoms with Crippen LogP contribution in [0.25, 0.3) is 11.0 Å². The van der Waals surface area contributed by atoms with Crippen molar-refractivity contribution in [2.75, 3.05) is 18.6 Å². The van der Waals surface area contributed by atoms with Crippen LogP contribution in [0, 0.1) is 5.92 Å². The Morgan fingerprint density at radius 1 is 1.18 bits per heavy atom. The summed E-state index contributed by atoms with van der Waals surface area (Å²) in [6.45, 7) is 4.65. The van der Waals surface area contributed by atoms with Gasteiger partial charge in [-0.3, -0.25) is 14.5 Å². The van der Waals surface area contributed by atoms with Crippen LogP contribution in [0.5, 0.6) is 11.5 Å². The largest absolute Gasteiger partial charge is 0.493 e. The van der Waals surface area contributed by atoms with Crippen molar-refractivity contribution in [2.45, 2.75) is 19.9 Å². The monoisotopic (exact) mass is 541 g/mol. The molecule has 0 saturated carbocycles. The average molecular weight is 542 g/mol. The van der Waals surface area contributed by atoms with E-state index in [4.69, 9.17) is 13.9 Å². The van der Waals surface area contributed by atoms with E-state index >= 15 is 0 Å². The van der Waals surface area contributed by atoms with Crippen LogP contribution < -0.4 is 19.8 Å². The topological polar surface area (TPSA) is 94.8 Å². The summed E-state index contributed by atoms with van der Waals surface area (Å²) >= 11 is 4.61. The highest BCUT2D eigenvalue weighted by Crippen LogP contribution is 2.43. The first-order valence-electron chi connectivity index (χ1n) is 10.6. The van der Waals surface area contributed by atoms with Crippen LogP contribution in [0.2, 0.25) is 0 Å². The summed E-state index contributed by atoms with van der Waals surface area (Å²) in [6.07, 6.45) is 0. The Kier molecular flexibility index (Phi) is 5.86. The van der Waals surface area contributed by atoms with Gasteiger partial charge >= 0.3 is 0 Å². The van der Waals surface area contributed by atoms with E-state index in [1.807, 2.05) is 6.07 Å². The fraction of sp³-hybridized carbons (Fsp3) is 0.250. The highest BCUT2D eigenvalue weighted by molar-refractivity contribution is 9.10. The molecule has 2 aromatic heterocycles. The quantitative estimate of drug-likeness (QED) is 0.331. The van der Waals surface area contributed by atoms with E-state index in [-0.39, 0.29) is 16.8 Å². The smallest absolute Gasteiger partial charge is 0.297 e. The molecule has 0 spiro atoms. The molecule has 0 fully saturated rings. The average Bonchev–Trinajstić information content (AvgIpc) is 3.45.